The van der Waals surface area contributed by atoms with Gasteiger partial charge in [0.25, 0.3) is 0 Å². The van der Waals surface area contributed by atoms with Gasteiger partial charge in [-0.2, -0.15) is 0 Å². The van der Waals surface area contributed by atoms with Crippen LogP contribution in [-0.2, 0) is 6.42 Å². The minimum Gasteiger partial charge on any atom is -0.491 e. The molecule has 0 unspecified atom stereocenters. The van der Waals surface area contributed by atoms with E-state index in [0.717, 1.165) is 5.69 Å². The van der Waals surface area contributed by atoms with Gasteiger partial charge in [-0.05, 0) is 30.3 Å². The standard InChI is InChI=1S/C14H14N2O3/c15-12-5-4-10(14(17)18)9-13(12)19-8-6-11-3-1-2-7-16-11/h1-5,7,9H,6,8,15H2,(H,17,18). The average Bonchev–Trinajstić information content (AvgIpc) is 2.42. The number of aromatic carboxylic acids is 1. The third kappa shape index (κ3) is 3.45. The van der Waals surface area contributed by atoms with Crippen LogP contribution in [0.3, 0.4) is 0 Å². The van der Waals surface area contributed by atoms with Crippen molar-refractivity contribution in [2.24, 2.45) is 0 Å². The molecule has 0 saturated carbocycles. The van der Waals surface area contributed by atoms with Gasteiger partial charge < -0.3 is 15.6 Å². The number of benzene rings is 1. The summed E-state index contributed by atoms with van der Waals surface area (Å²) >= 11 is 0. The molecule has 2 rings (SSSR count). The molecular weight excluding hydrogens is 244 g/mol. The van der Waals surface area contributed by atoms with E-state index in [9.17, 15) is 4.79 Å². The van der Waals surface area contributed by atoms with E-state index in [-0.39, 0.29) is 5.56 Å². The summed E-state index contributed by atoms with van der Waals surface area (Å²) < 4.78 is 5.50. The molecule has 5 heteroatoms. The Balaban J connectivity index is 1.99. The van der Waals surface area contributed by atoms with Crippen LogP contribution in [-0.4, -0.2) is 22.7 Å². The van der Waals surface area contributed by atoms with Gasteiger partial charge in [-0.25, -0.2) is 4.79 Å². The third-order valence-electron chi connectivity index (χ3n) is 2.60. The van der Waals surface area contributed by atoms with Crippen LogP contribution in [0.15, 0.2) is 42.6 Å². The quantitative estimate of drug-likeness (QED) is 0.801. The second kappa shape index (κ2) is 5.86. The van der Waals surface area contributed by atoms with Crippen LogP contribution in [0.5, 0.6) is 5.75 Å². The van der Waals surface area contributed by atoms with Crippen LogP contribution < -0.4 is 10.5 Å². The summed E-state index contributed by atoms with van der Waals surface area (Å²) in [5.41, 5.74) is 7.22. The molecule has 0 amide bonds. The molecule has 98 valence electrons. The van der Waals surface area contributed by atoms with Crippen molar-refractivity contribution in [1.82, 2.24) is 4.98 Å². The van der Waals surface area contributed by atoms with Crippen LogP contribution in [0.4, 0.5) is 5.69 Å². The Labute approximate surface area is 110 Å². The summed E-state index contributed by atoms with van der Waals surface area (Å²) in [6, 6.07) is 10.1. The molecule has 1 aromatic heterocycles. The molecule has 5 nitrogen and oxygen atoms in total. The summed E-state index contributed by atoms with van der Waals surface area (Å²) in [6.45, 7) is 0.393. The second-order valence-electron chi connectivity index (χ2n) is 3.98. The van der Waals surface area contributed by atoms with E-state index in [0.29, 0.717) is 24.5 Å². The first-order chi connectivity index (χ1) is 9.16. The number of carboxylic acids is 1. The summed E-state index contributed by atoms with van der Waals surface area (Å²) in [6.07, 6.45) is 2.35. The highest BCUT2D eigenvalue weighted by Gasteiger charge is 2.07. The minimum atomic E-state index is -1.01. The zero-order chi connectivity index (χ0) is 13.7. The molecule has 19 heavy (non-hydrogen) atoms. The number of hydrogen-bond donors (Lipinski definition) is 2. The molecule has 3 N–H and O–H groups in total. The molecule has 0 aliphatic heterocycles. The van der Waals surface area contributed by atoms with Gasteiger partial charge in [-0.15, -0.1) is 0 Å². The van der Waals surface area contributed by atoms with Crippen molar-refractivity contribution in [3.05, 3.63) is 53.9 Å². The fourth-order valence-corrected chi connectivity index (χ4v) is 1.60. The summed E-state index contributed by atoms with van der Waals surface area (Å²) in [5, 5.41) is 8.90. The lowest BCUT2D eigenvalue weighted by molar-refractivity contribution is 0.0696. The maximum Gasteiger partial charge on any atom is 0.335 e. The molecule has 0 spiro atoms. The lowest BCUT2D eigenvalue weighted by Crippen LogP contribution is -2.06. The van der Waals surface area contributed by atoms with Crippen LogP contribution in [0, 0.1) is 0 Å². The van der Waals surface area contributed by atoms with Gasteiger partial charge in [0.05, 0.1) is 17.9 Å². The number of nitrogen functional groups attached to an aromatic ring is 1. The third-order valence-corrected chi connectivity index (χ3v) is 2.60. The molecule has 0 radical (unpaired) electrons. The van der Waals surface area contributed by atoms with Gasteiger partial charge in [0.15, 0.2) is 0 Å². The summed E-state index contributed by atoms with van der Waals surface area (Å²) in [7, 11) is 0. The van der Waals surface area contributed by atoms with E-state index >= 15 is 0 Å². The zero-order valence-corrected chi connectivity index (χ0v) is 10.2. The molecule has 0 atom stereocenters. The number of aromatic nitrogens is 1. The van der Waals surface area contributed by atoms with E-state index in [4.69, 9.17) is 15.6 Å². The van der Waals surface area contributed by atoms with Crippen molar-refractivity contribution in [3.63, 3.8) is 0 Å². The fourth-order valence-electron chi connectivity index (χ4n) is 1.60. The van der Waals surface area contributed by atoms with E-state index in [1.54, 1.807) is 6.20 Å². The van der Waals surface area contributed by atoms with E-state index in [2.05, 4.69) is 4.98 Å². The topological polar surface area (TPSA) is 85.4 Å². The van der Waals surface area contributed by atoms with Crippen molar-refractivity contribution < 1.29 is 14.6 Å². The molecule has 0 saturated heterocycles. The molecule has 1 heterocycles. The van der Waals surface area contributed by atoms with Crippen LogP contribution in [0.25, 0.3) is 0 Å². The second-order valence-corrected chi connectivity index (χ2v) is 3.98. The molecule has 0 aliphatic carbocycles. The lowest BCUT2D eigenvalue weighted by atomic mass is 10.2. The van der Waals surface area contributed by atoms with Crippen LogP contribution in [0.2, 0.25) is 0 Å². The van der Waals surface area contributed by atoms with Gasteiger partial charge in [0.1, 0.15) is 5.75 Å². The summed E-state index contributed by atoms with van der Waals surface area (Å²) in [4.78, 5) is 15.0. The van der Waals surface area contributed by atoms with Crippen molar-refractivity contribution in [2.75, 3.05) is 12.3 Å². The smallest absolute Gasteiger partial charge is 0.335 e. The molecule has 1 aromatic carbocycles. The molecule has 0 fully saturated rings. The van der Waals surface area contributed by atoms with Crippen LogP contribution in [0.1, 0.15) is 16.1 Å². The Morgan fingerprint density at radius 1 is 1.32 bits per heavy atom. The Morgan fingerprint density at radius 3 is 2.84 bits per heavy atom. The van der Waals surface area contributed by atoms with Gasteiger partial charge in [-0.1, -0.05) is 6.07 Å². The predicted octanol–water partition coefficient (Wildman–Crippen LogP) is 1.98. The molecular formula is C14H14N2O3. The van der Waals surface area contributed by atoms with Gasteiger partial charge in [-0.3, -0.25) is 4.98 Å². The maximum absolute atomic E-state index is 10.9. The molecule has 2 aromatic rings. The lowest BCUT2D eigenvalue weighted by Gasteiger charge is -2.09. The van der Waals surface area contributed by atoms with Crippen molar-refractivity contribution in [2.45, 2.75) is 6.42 Å². The Kier molecular flexibility index (Phi) is 3.97. The van der Waals surface area contributed by atoms with Crippen molar-refractivity contribution in [1.29, 1.82) is 0 Å². The van der Waals surface area contributed by atoms with Crippen molar-refractivity contribution in [3.8, 4) is 5.75 Å². The fraction of sp³-hybridized carbons (Fsp3) is 0.143. The maximum atomic E-state index is 10.9. The van der Waals surface area contributed by atoms with Gasteiger partial charge in [0, 0.05) is 18.3 Å². The SMILES string of the molecule is Nc1ccc(C(=O)O)cc1OCCc1ccccn1. The minimum absolute atomic E-state index is 0.155. The first kappa shape index (κ1) is 12.9. The average molecular weight is 258 g/mol. The highest BCUT2D eigenvalue weighted by molar-refractivity contribution is 5.89. The van der Waals surface area contributed by atoms with Gasteiger partial charge in [0.2, 0.25) is 0 Å². The number of carboxylic acid groups (broad SMARTS) is 1. The number of hydrogen-bond acceptors (Lipinski definition) is 4. The van der Waals surface area contributed by atoms with Gasteiger partial charge >= 0.3 is 5.97 Å². The largest absolute Gasteiger partial charge is 0.491 e. The number of carbonyl (C=O) groups is 1. The summed E-state index contributed by atoms with van der Waals surface area (Å²) in [5.74, 6) is -0.620. The van der Waals surface area contributed by atoms with E-state index < -0.39 is 5.97 Å². The van der Waals surface area contributed by atoms with E-state index in [1.165, 1.54) is 18.2 Å². The zero-order valence-electron chi connectivity index (χ0n) is 10.2. The van der Waals surface area contributed by atoms with E-state index in [1.807, 2.05) is 18.2 Å². The Bertz CT molecular complexity index is 570. The normalized spacial score (nSPS) is 10.1. The Morgan fingerprint density at radius 2 is 2.16 bits per heavy atom. The number of pyridine rings is 1. The highest BCUT2D eigenvalue weighted by Crippen LogP contribution is 2.22. The number of ether oxygens (including phenoxy) is 1. The first-order valence-electron chi connectivity index (χ1n) is 5.82. The molecule has 0 bridgehead atoms. The monoisotopic (exact) mass is 258 g/mol. The van der Waals surface area contributed by atoms with Crippen LogP contribution >= 0.6 is 0 Å². The first-order valence-corrected chi connectivity index (χ1v) is 5.82. The number of anilines is 1. The number of nitrogens with zero attached hydrogens (tertiary/aromatic N) is 1. The Hall–Kier alpha value is -2.56. The molecule has 0 aliphatic rings. The predicted molar refractivity (Wildman–Crippen MR) is 71.2 cm³/mol. The highest BCUT2D eigenvalue weighted by atomic mass is 16.5. The number of rotatable bonds is 5. The van der Waals surface area contributed by atoms with Crippen molar-refractivity contribution >= 4 is 11.7 Å². The number of nitrogens with two attached hydrogens (primary N) is 1.